The Morgan fingerprint density at radius 1 is 0.950 bits per heavy atom. The highest BCUT2D eigenvalue weighted by atomic mass is 19.2. The summed E-state index contributed by atoms with van der Waals surface area (Å²) < 4.78 is 26.6. The van der Waals surface area contributed by atoms with Crippen LogP contribution in [0.15, 0.2) is 48.5 Å². The van der Waals surface area contributed by atoms with Gasteiger partial charge in [-0.05, 0) is 11.6 Å². The van der Waals surface area contributed by atoms with Crippen molar-refractivity contribution < 1.29 is 8.78 Å². The highest BCUT2D eigenvalue weighted by Crippen LogP contribution is 2.22. The summed E-state index contributed by atoms with van der Waals surface area (Å²) in [6, 6.07) is 14.4. The first-order valence-corrected chi connectivity index (χ1v) is 6.70. The van der Waals surface area contributed by atoms with Gasteiger partial charge in [0.2, 0.25) is 0 Å². The second-order valence-electron chi connectivity index (χ2n) is 5.57. The molecule has 3 heteroatoms. The minimum absolute atomic E-state index is 0.0644. The summed E-state index contributed by atoms with van der Waals surface area (Å²) in [5.74, 6) is -1.57. The Labute approximate surface area is 118 Å². The van der Waals surface area contributed by atoms with Crippen LogP contribution in [0, 0.1) is 11.6 Å². The van der Waals surface area contributed by atoms with Crippen molar-refractivity contribution in [2.45, 2.75) is 25.8 Å². The largest absolute Gasteiger partial charge is 0.312 e. The Morgan fingerprint density at radius 2 is 1.65 bits per heavy atom. The minimum Gasteiger partial charge on any atom is -0.312 e. The molecule has 0 amide bonds. The molecule has 0 spiro atoms. The summed E-state index contributed by atoms with van der Waals surface area (Å²) in [4.78, 5) is 0. The van der Waals surface area contributed by atoms with Gasteiger partial charge in [-0.1, -0.05) is 56.3 Å². The molecule has 0 saturated heterocycles. The second-order valence-corrected chi connectivity index (χ2v) is 5.57. The molecule has 0 aromatic heterocycles. The molecule has 2 aromatic rings. The predicted octanol–water partition coefficient (Wildman–Crippen LogP) is 4.03. The van der Waals surface area contributed by atoms with E-state index >= 15 is 0 Å². The molecular formula is C17H19F2N. The van der Waals surface area contributed by atoms with Crippen LogP contribution in [0.4, 0.5) is 8.78 Å². The molecule has 0 aliphatic rings. The van der Waals surface area contributed by atoms with Gasteiger partial charge in [0.05, 0.1) is 0 Å². The Hall–Kier alpha value is -1.74. The molecule has 0 radical (unpaired) electrons. The van der Waals surface area contributed by atoms with E-state index in [0.29, 0.717) is 18.7 Å². The van der Waals surface area contributed by atoms with Gasteiger partial charge in [-0.2, -0.15) is 0 Å². The van der Waals surface area contributed by atoms with Crippen molar-refractivity contribution >= 4 is 0 Å². The molecule has 20 heavy (non-hydrogen) atoms. The topological polar surface area (TPSA) is 12.0 Å². The second kappa shape index (κ2) is 6.14. The molecule has 0 fully saturated rings. The number of hydrogen-bond donors (Lipinski definition) is 1. The van der Waals surface area contributed by atoms with Crippen molar-refractivity contribution in [2.75, 3.05) is 6.54 Å². The van der Waals surface area contributed by atoms with Gasteiger partial charge < -0.3 is 5.32 Å². The molecule has 2 aromatic carbocycles. The molecule has 0 saturated carbocycles. The monoisotopic (exact) mass is 275 g/mol. The fraction of sp³-hybridized carbons (Fsp3) is 0.294. The molecule has 0 aliphatic carbocycles. The first-order chi connectivity index (χ1) is 9.50. The highest BCUT2D eigenvalue weighted by Gasteiger charge is 2.19. The van der Waals surface area contributed by atoms with Crippen LogP contribution < -0.4 is 5.32 Å². The fourth-order valence-electron chi connectivity index (χ4n) is 2.19. The molecule has 0 aliphatic heterocycles. The lowest BCUT2D eigenvalue weighted by molar-refractivity contribution is 0.454. The zero-order chi connectivity index (χ0) is 14.6. The van der Waals surface area contributed by atoms with Crippen LogP contribution in [0.2, 0.25) is 0 Å². The average molecular weight is 275 g/mol. The Morgan fingerprint density at radius 3 is 2.35 bits per heavy atom. The first-order valence-electron chi connectivity index (χ1n) is 6.70. The Bertz CT molecular complexity index is 564. The van der Waals surface area contributed by atoms with Gasteiger partial charge in [-0.3, -0.25) is 0 Å². The van der Waals surface area contributed by atoms with Crippen LogP contribution in [0.3, 0.4) is 0 Å². The molecular weight excluding hydrogens is 256 g/mol. The zero-order valence-electron chi connectivity index (χ0n) is 11.8. The predicted molar refractivity (Wildman–Crippen MR) is 77.5 cm³/mol. The Balaban J connectivity index is 1.97. The molecule has 106 valence electrons. The van der Waals surface area contributed by atoms with E-state index in [2.05, 4.69) is 31.3 Å². The number of rotatable bonds is 5. The normalized spacial score (nSPS) is 11.6. The lowest BCUT2D eigenvalue weighted by Crippen LogP contribution is -2.32. The van der Waals surface area contributed by atoms with Crippen molar-refractivity contribution in [3.63, 3.8) is 0 Å². The fourth-order valence-corrected chi connectivity index (χ4v) is 2.19. The maximum absolute atomic E-state index is 13.5. The van der Waals surface area contributed by atoms with Gasteiger partial charge in [0.1, 0.15) is 0 Å². The molecule has 0 bridgehead atoms. The third-order valence-corrected chi connectivity index (χ3v) is 3.47. The van der Waals surface area contributed by atoms with Gasteiger partial charge >= 0.3 is 0 Å². The van der Waals surface area contributed by atoms with Crippen LogP contribution in [-0.4, -0.2) is 6.54 Å². The number of hydrogen-bond acceptors (Lipinski definition) is 1. The lowest BCUT2D eigenvalue weighted by atomic mass is 9.84. The van der Waals surface area contributed by atoms with Crippen LogP contribution in [0.1, 0.15) is 25.0 Å². The molecule has 0 atom stereocenters. The summed E-state index contributed by atoms with van der Waals surface area (Å²) in [5.41, 5.74) is 1.51. The molecule has 0 unspecified atom stereocenters. The van der Waals surface area contributed by atoms with Crippen molar-refractivity contribution in [1.82, 2.24) is 5.32 Å². The number of nitrogens with one attached hydrogen (secondary N) is 1. The van der Waals surface area contributed by atoms with E-state index in [0.717, 1.165) is 6.07 Å². The summed E-state index contributed by atoms with van der Waals surface area (Å²) in [6.45, 7) is 5.25. The van der Waals surface area contributed by atoms with E-state index in [1.165, 1.54) is 11.6 Å². The van der Waals surface area contributed by atoms with Crippen molar-refractivity contribution in [1.29, 1.82) is 0 Å². The lowest BCUT2D eigenvalue weighted by Gasteiger charge is -2.25. The maximum Gasteiger partial charge on any atom is 0.163 e. The molecule has 1 nitrogen and oxygen atoms in total. The first kappa shape index (κ1) is 14.7. The summed E-state index contributed by atoms with van der Waals surface area (Å²) in [5, 5.41) is 3.20. The molecule has 2 rings (SSSR count). The van der Waals surface area contributed by atoms with Gasteiger partial charge in [0, 0.05) is 24.1 Å². The van der Waals surface area contributed by atoms with Crippen molar-refractivity contribution in [3.8, 4) is 0 Å². The number of benzene rings is 2. The van der Waals surface area contributed by atoms with E-state index in [-0.39, 0.29) is 5.41 Å². The maximum atomic E-state index is 13.5. The quantitative estimate of drug-likeness (QED) is 0.868. The van der Waals surface area contributed by atoms with Crippen LogP contribution in [0.25, 0.3) is 0 Å². The average Bonchev–Trinajstić information content (AvgIpc) is 2.44. The van der Waals surface area contributed by atoms with E-state index in [1.807, 2.05) is 18.2 Å². The van der Waals surface area contributed by atoms with E-state index in [9.17, 15) is 8.78 Å². The third kappa shape index (κ3) is 3.42. The highest BCUT2D eigenvalue weighted by molar-refractivity contribution is 5.24. The number of halogens is 2. The standard InChI is InChI=1S/C17H19F2N/c1-17(2,14-8-4-3-5-9-14)12-20-11-13-7-6-10-15(18)16(13)19/h3-10,20H,11-12H2,1-2H3. The molecule has 0 heterocycles. The van der Waals surface area contributed by atoms with Crippen LogP contribution in [0.5, 0.6) is 0 Å². The van der Waals surface area contributed by atoms with E-state index < -0.39 is 11.6 Å². The van der Waals surface area contributed by atoms with Gasteiger partial charge in [-0.25, -0.2) is 8.78 Å². The van der Waals surface area contributed by atoms with E-state index in [1.54, 1.807) is 6.07 Å². The van der Waals surface area contributed by atoms with Gasteiger partial charge in [0.25, 0.3) is 0 Å². The summed E-state index contributed by atoms with van der Waals surface area (Å²) in [7, 11) is 0. The third-order valence-electron chi connectivity index (χ3n) is 3.47. The smallest absolute Gasteiger partial charge is 0.163 e. The van der Waals surface area contributed by atoms with E-state index in [4.69, 9.17) is 0 Å². The SMILES string of the molecule is CC(C)(CNCc1cccc(F)c1F)c1ccccc1. The zero-order valence-corrected chi connectivity index (χ0v) is 11.8. The van der Waals surface area contributed by atoms with Crippen molar-refractivity contribution in [2.24, 2.45) is 0 Å². The van der Waals surface area contributed by atoms with Crippen LogP contribution >= 0.6 is 0 Å². The minimum atomic E-state index is -0.799. The summed E-state index contributed by atoms with van der Waals surface area (Å²) in [6.07, 6.45) is 0. The van der Waals surface area contributed by atoms with Gasteiger partial charge in [0.15, 0.2) is 11.6 Å². The Kier molecular flexibility index (Phi) is 4.50. The van der Waals surface area contributed by atoms with Crippen LogP contribution in [-0.2, 0) is 12.0 Å². The molecule has 1 N–H and O–H groups in total. The summed E-state index contributed by atoms with van der Waals surface area (Å²) >= 11 is 0. The van der Waals surface area contributed by atoms with Crippen molar-refractivity contribution in [3.05, 3.63) is 71.3 Å². The van der Waals surface area contributed by atoms with Gasteiger partial charge in [-0.15, -0.1) is 0 Å².